The smallest absolute Gasteiger partial charge is 0.307 e. The molecule has 1 aromatic carbocycles. The number of aromatic nitrogens is 4. The summed E-state index contributed by atoms with van der Waals surface area (Å²) in [5.74, 6) is -0.543. The molecule has 27 heavy (non-hydrogen) atoms. The van der Waals surface area contributed by atoms with Crippen molar-refractivity contribution in [3.63, 3.8) is 0 Å². The summed E-state index contributed by atoms with van der Waals surface area (Å²) in [4.78, 5) is 14.4. The summed E-state index contributed by atoms with van der Waals surface area (Å²) in [6.07, 6.45) is 4.17. The number of halogens is 2. The van der Waals surface area contributed by atoms with Crippen LogP contribution >= 0.6 is 22.9 Å². The van der Waals surface area contributed by atoms with Gasteiger partial charge < -0.3 is 5.32 Å². The van der Waals surface area contributed by atoms with Crippen molar-refractivity contribution < 1.29 is 9.18 Å². The lowest BCUT2D eigenvalue weighted by atomic mass is 9.96. The van der Waals surface area contributed by atoms with Crippen LogP contribution in [0.2, 0.25) is 5.02 Å². The number of hydrogen-bond acceptors (Lipinski definition) is 5. The van der Waals surface area contributed by atoms with Gasteiger partial charge in [-0.25, -0.2) is 9.18 Å². The first-order chi connectivity index (χ1) is 13.1. The third-order valence-electron chi connectivity index (χ3n) is 4.45. The maximum absolute atomic E-state index is 13.3. The van der Waals surface area contributed by atoms with Gasteiger partial charge >= 0.3 is 6.03 Å². The van der Waals surface area contributed by atoms with Crippen LogP contribution in [-0.2, 0) is 19.4 Å². The third-order valence-corrected chi connectivity index (χ3v) is 5.45. The molecule has 10 heteroatoms. The van der Waals surface area contributed by atoms with Crippen molar-refractivity contribution in [3.8, 4) is 0 Å². The molecule has 0 spiro atoms. The molecule has 0 fully saturated rings. The van der Waals surface area contributed by atoms with E-state index in [-0.39, 0.29) is 11.6 Å². The Morgan fingerprint density at radius 3 is 3.00 bits per heavy atom. The summed E-state index contributed by atoms with van der Waals surface area (Å²) >= 11 is 7.05. The van der Waals surface area contributed by atoms with Crippen LogP contribution in [0.4, 0.5) is 20.0 Å². The highest BCUT2D eigenvalue weighted by Gasteiger charge is 2.24. The lowest BCUT2D eigenvalue weighted by Crippen LogP contribution is -2.35. The predicted molar refractivity (Wildman–Crippen MR) is 102 cm³/mol. The van der Waals surface area contributed by atoms with Crippen molar-refractivity contribution in [1.29, 1.82) is 0 Å². The van der Waals surface area contributed by atoms with Gasteiger partial charge in [0.1, 0.15) is 11.3 Å². The molecule has 2 heterocycles. The molecule has 2 N–H and O–H groups in total. The number of amides is 2. The normalized spacial score (nSPS) is 13.3. The fourth-order valence-corrected chi connectivity index (χ4v) is 3.84. The molecule has 1 aliphatic carbocycles. The van der Waals surface area contributed by atoms with Crippen molar-refractivity contribution in [2.45, 2.75) is 32.2 Å². The second kappa shape index (κ2) is 7.61. The molecule has 7 nitrogen and oxygen atoms in total. The number of fused-ring (bicyclic) bond motifs is 1. The Balaban J connectivity index is 1.58. The molecular formula is C17H16ClFN6OS. The van der Waals surface area contributed by atoms with Crippen LogP contribution in [0.25, 0.3) is 0 Å². The third kappa shape index (κ3) is 3.79. The van der Waals surface area contributed by atoms with E-state index < -0.39 is 11.8 Å². The van der Waals surface area contributed by atoms with Gasteiger partial charge in [-0.05, 0) is 49.4 Å². The predicted octanol–water partition coefficient (Wildman–Crippen LogP) is 4.17. The number of urea groups is 1. The fraction of sp³-hybridized carbons (Fsp3) is 0.294. The van der Waals surface area contributed by atoms with E-state index in [1.807, 2.05) is 0 Å². The maximum Gasteiger partial charge on any atom is 0.328 e. The minimum absolute atomic E-state index is 0.0587. The summed E-state index contributed by atoms with van der Waals surface area (Å²) < 4.78 is 13.3. The molecule has 140 valence electrons. The van der Waals surface area contributed by atoms with E-state index >= 15 is 0 Å². The molecule has 0 saturated heterocycles. The highest BCUT2D eigenvalue weighted by molar-refractivity contribution is 7.13. The van der Waals surface area contributed by atoms with Crippen LogP contribution in [0.15, 0.2) is 23.7 Å². The Hall–Kier alpha value is -2.52. The van der Waals surface area contributed by atoms with E-state index in [1.165, 1.54) is 40.0 Å². The van der Waals surface area contributed by atoms with Crippen molar-refractivity contribution >= 4 is 39.8 Å². The van der Waals surface area contributed by atoms with Crippen LogP contribution in [-0.4, -0.2) is 26.4 Å². The number of carbonyl (C=O) groups is 1. The summed E-state index contributed by atoms with van der Waals surface area (Å²) in [6, 6.07) is 3.61. The van der Waals surface area contributed by atoms with Gasteiger partial charge in [0.25, 0.3) is 0 Å². The Bertz CT molecular complexity index is 960. The van der Waals surface area contributed by atoms with Gasteiger partial charge in [-0.3, -0.25) is 10.00 Å². The van der Waals surface area contributed by atoms with Crippen LogP contribution in [0.5, 0.6) is 0 Å². The largest absolute Gasteiger partial charge is 0.328 e. The van der Waals surface area contributed by atoms with E-state index in [4.69, 9.17) is 11.6 Å². The Morgan fingerprint density at radius 2 is 2.22 bits per heavy atom. The van der Waals surface area contributed by atoms with Gasteiger partial charge in [0, 0.05) is 11.4 Å². The zero-order valence-corrected chi connectivity index (χ0v) is 15.8. The van der Waals surface area contributed by atoms with Crippen molar-refractivity contribution in [2.75, 3.05) is 10.2 Å². The van der Waals surface area contributed by atoms with Crippen LogP contribution in [0, 0.1) is 5.82 Å². The highest BCUT2D eigenvalue weighted by Crippen LogP contribution is 2.26. The minimum atomic E-state index is -0.543. The van der Waals surface area contributed by atoms with E-state index in [9.17, 15) is 9.18 Å². The number of H-pyrrole nitrogens is 1. The average Bonchev–Trinajstić information content (AvgIpc) is 3.32. The number of aromatic amines is 1. The zero-order chi connectivity index (χ0) is 18.8. The molecule has 0 unspecified atom stereocenters. The highest BCUT2D eigenvalue weighted by atomic mass is 35.5. The van der Waals surface area contributed by atoms with Gasteiger partial charge in [0.2, 0.25) is 5.13 Å². The number of hydrogen-bond donors (Lipinski definition) is 2. The second-order valence-electron chi connectivity index (χ2n) is 6.20. The number of benzene rings is 1. The SMILES string of the molecule is O=C(Nc1ccc(F)c(Cl)c1)N(Cc1n[nH]c2c1CCCC2)c1nncs1. The number of aryl methyl sites for hydroxylation is 1. The standard InChI is InChI=1S/C17H16ClFN6OS/c18-12-7-10(5-6-13(12)19)21-16(26)25(17-24-20-9-27-17)8-15-11-3-1-2-4-14(11)22-23-15/h5-7,9H,1-4,8H2,(H,21,26)(H,22,23). The molecule has 0 bridgehead atoms. The number of anilines is 2. The quantitative estimate of drug-likeness (QED) is 0.680. The fourth-order valence-electron chi connectivity index (χ4n) is 3.11. The van der Waals surface area contributed by atoms with E-state index in [0.717, 1.165) is 37.1 Å². The Morgan fingerprint density at radius 1 is 1.37 bits per heavy atom. The second-order valence-corrected chi connectivity index (χ2v) is 7.42. The number of rotatable bonds is 4. The van der Waals surface area contributed by atoms with E-state index in [0.29, 0.717) is 10.8 Å². The van der Waals surface area contributed by atoms with Crippen LogP contribution in [0.1, 0.15) is 29.8 Å². The first-order valence-electron chi connectivity index (χ1n) is 8.46. The van der Waals surface area contributed by atoms with Crippen LogP contribution in [0.3, 0.4) is 0 Å². The monoisotopic (exact) mass is 406 g/mol. The molecule has 3 aromatic rings. The number of carbonyl (C=O) groups excluding carboxylic acids is 1. The first kappa shape index (κ1) is 17.9. The van der Waals surface area contributed by atoms with E-state index in [1.54, 1.807) is 5.51 Å². The topological polar surface area (TPSA) is 86.8 Å². The summed E-state index contributed by atoms with van der Waals surface area (Å²) in [5, 5.41) is 18.4. The summed E-state index contributed by atoms with van der Waals surface area (Å²) in [6.45, 7) is 0.266. The Kier molecular flexibility index (Phi) is 5.04. The van der Waals surface area contributed by atoms with Crippen LogP contribution < -0.4 is 10.2 Å². The van der Waals surface area contributed by atoms with Gasteiger partial charge in [0.15, 0.2) is 0 Å². The molecule has 0 atom stereocenters. The molecule has 2 amide bonds. The van der Waals surface area contributed by atoms with Crippen molar-refractivity contribution in [3.05, 3.63) is 51.5 Å². The molecule has 0 saturated carbocycles. The molecule has 4 rings (SSSR count). The zero-order valence-electron chi connectivity index (χ0n) is 14.2. The Labute approximate surface area is 163 Å². The van der Waals surface area contributed by atoms with Crippen molar-refractivity contribution in [1.82, 2.24) is 20.4 Å². The summed E-state index contributed by atoms with van der Waals surface area (Å²) in [5.41, 5.74) is 5.09. The van der Waals surface area contributed by atoms with Gasteiger partial charge in [-0.15, -0.1) is 10.2 Å². The van der Waals surface area contributed by atoms with Gasteiger partial charge in [-0.1, -0.05) is 22.9 Å². The lowest BCUT2D eigenvalue weighted by molar-refractivity contribution is 0.256. The number of nitrogens with zero attached hydrogens (tertiary/aromatic N) is 4. The molecule has 0 aliphatic heterocycles. The molecule has 0 radical (unpaired) electrons. The lowest BCUT2D eigenvalue weighted by Gasteiger charge is -2.20. The first-order valence-corrected chi connectivity index (χ1v) is 9.72. The number of nitrogens with one attached hydrogen (secondary N) is 2. The molecule has 2 aromatic heterocycles. The average molecular weight is 407 g/mol. The maximum atomic E-state index is 13.3. The minimum Gasteiger partial charge on any atom is -0.307 e. The molecule has 1 aliphatic rings. The summed E-state index contributed by atoms with van der Waals surface area (Å²) in [7, 11) is 0. The molecular weight excluding hydrogens is 391 g/mol. The van der Waals surface area contributed by atoms with Gasteiger partial charge in [0.05, 0.1) is 17.3 Å². The van der Waals surface area contributed by atoms with E-state index in [2.05, 4.69) is 25.7 Å². The van der Waals surface area contributed by atoms with Gasteiger partial charge in [-0.2, -0.15) is 5.10 Å². The van der Waals surface area contributed by atoms with Crippen molar-refractivity contribution in [2.24, 2.45) is 0 Å².